The van der Waals surface area contributed by atoms with Gasteiger partial charge in [-0.2, -0.15) is 0 Å². The molecule has 160 valence electrons. The lowest BCUT2D eigenvalue weighted by molar-refractivity contribution is -0.139. The van der Waals surface area contributed by atoms with Crippen molar-refractivity contribution in [1.82, 2.24) is 4.57 Å². The van der Waals surface area contributed by atoms with Gasteiger partial charge < -0.3 is 9.15 Å². The van der Waals surface area contributed by atoms with E-state index in [9.17, 15) is 9.59 Å². The minimum Gasteiger partial charge on any atom is -0.463 e. The van der Waals surface area contributed by atoms with Crippen LogP contribution in [0.25, 0.3) is 6.08 Å². The number of hydrogen-bond acceptors (Lipinski definition) is 7. The molecule has 3 aromatic rings. The summed E-state index contributed by atoms with van der Waals surface area (Å²) in [7, 11) is 0. The predicted molar refractivity (Wildman–Crippen MR) is 125 cm³/mol. The Bertz CT molecular complexity index is 1350. The summed E-state index contributed by atoms with van der Waals surface area (Å²) in [6, 6.07) is 10.8. The third-order valence-electron chi connectivity index (χ3n) is 4.82. The molecule has 1 aliphatic heterocycles. The zero-order chi connectivity index (χ0) is 22.1. The molecule has 3 heterocycles. The van der Waals surface area contributed by atoms with E-state index in [1.54, 1.807) is 48.4 Å². The van der Waals surface area contributed by atoms with E-state index in [1.165, 1.54) is 11.3 Å². The number of aromatic nitrogens is 1. The van der Waals surface area contributed by atoms with E-state index in [2.05, 4.69) is 20.9 Å². The third kappa shape index (κ3) is 4.22. The van der Waals surface area contributed by atoms with Crippen LogP contribution in [0.3, 0.4) is 0 Å². The molecule has 31 heavy (non-hydrogen) atoms. The second kappa shape index (κ2) is 9.02. The minimum absolute atomic E-state index is 0.232. The average Bonchev–Trinajstić information content (AvgIpc) is 3.30. The first-order valence-corrected chi connectivity index (χ1v) is 12.3. The number of esters is 1. The van der Waals surface area contributed by atoms with Crippen LogP contribution in [0.15, 0.2) is 71.4 Å². The van der Waals surface area contributed by atoms with Gasteiger partial charge in [-0.3, -0.25) is 9.36 Å². The summed E-state index contributed by atoms with van der Waals surface area (Å²) >= 11 is 6.17. The topological polar surface area (TPSA) is 73.8 Å². The fraction of sp³-hybridized carbons (Fsp3) is 0.227. The molecule has 4 rings (SSSR count). The molecule has 2 aromatic heterocycles. The van der Waals surface area contributed by atoms with Crippen LogP contribution in [0.5, 0.6) is 0 Å². The van der Waals surface area contributed by atoms with E-state index in [1.807, 2.05) is 30.5 Å². The second-order valence-corrected chi connectivity index (χ2v) is 9.39. The summed E-state index contributed by atoms with van der Waals surface area (Å²) in [6.07, 6.45) is 3.69. The van der Waals surface area contributed by atoms with Crippen molar-refractivity contribution in [1.29, 1.82) is 0 Å². The first-order valence-electron chi connectivity index (χ1n) is 9.52. The Balaban J connectivity index is 1.94. The number of furan rings is 1. The minimum atomic E-state index is -0.614. The van der Waals surface area contributed by atoms with Crippen LogP contribution in [-0.2, 0) is 9.53 Å². The van der Waals surface area contributed by atoms with Crippen molar-refractivity contribution in [2.24, 2.45) is 4.99 Å². The van der Waals surface area contributed by atoms with Crippen LogP contribution in [0.4, 0.5) is 0 Å². The van der Waals surface area contributed by atoms with E-state index in [0.29, 0.717) is 31.0 Å². The SMILES string of the molecule is CCOC(=O)C1=C(C)N=c2s/c(=C\c3ccc(Br)o3)c(=O)n2C1c1ccc(SC)cc1. The van der Waals surface area contributed by atoms with E-state index in [0.717, 1.165) is 10.5 Å². The molecule has 1 unspecified atom stereocenters. The summed E-state index contributed by atoms with van der Waals surface area (Å²) in [5.41, 5.74) is 1.51. The highest BCUT2D eigenvalue weighted by Gasteiger charge is 2.33. The zero-order valence-corrected chi connectivity index (χ0v) is 20.3. The van der Waals surface area contributed by atoms with Crippen molar-refractivity contribution < 1.29 is 13.9 Å². The van der Waals surface area contributed by atoms with Crippen molar-refractivity contribution in [2.75, 3.05) is 12.9 Å². The number of hydrogen-bond donors (Lipinski definition) is 0. The maximum Gasteiger partial charge on any atom is 0.338 e. The van der Waals surface area contributed by atoms with E-state index < -0.39 is 12.0 Å². The van der Waals surface area contributed by atoms with E-state index >= 15 is 0 Å². The first kappa shape index (κ1) is 21.9. The molecule has 0 fully saturated rings. The van der Waals surface area contributed by atoms with Crippen molar-refractivity contribution in [3.05, 3.63) is 83.3 Å². The van der Waals surface area contributed by atoms with Gasteiger partial charge in [-0.05, 0) is 65.9 Å². The van der Waals surface area contributed by atoms with Gasteiger partial charge in [0.2, 0.25) is 0 Å². The third-order valence-corrected chi connectivity index (χ3v) is 6.97. The zero-order valence-electron chi connectivity index (χ0n) is 17.0. The smallest absolute Gasteiger partial charge is 0.338 e. The van der Waals surface area contributed by atoms with Gasteiger partial charge >= 0.3 is 5.97 Å². The molecule has 6 nitrogen and oxygen atoms in total. The lowest BCUT2D eigenvalue weighted by Crippen LogP contribution is -2.39. The molecule has 0 N–H and O–H groups in total. The van der Waals surface area contributed by atoms with Gasteiger partial charge in [-0.25, -0.2) is 9.79 Å². The van der Waals surface area contributed by atoms with Crippen molar-refractivity contribution in [3.63, 3.8) is 0 Å². The van der Waals surface area contributed by atoms with Crippen LogP contribution >= 0.6 is 39.0 Å². The monoisotopic (exact) mass is 518 g/mol. The van der Waals surface area contributed by atoms with Crippen molar-refractivity contribution >= 4 is 51.1 Å². The number of fused-ring (bicyclic) bond motifs is 1. The maximum atomic E-state index is 13.4. The number of ether oxygens (including phenoxy) is 1. The Morgan fingerprint density at radius 3 is 2.68 bits per heavy atom. The van der Waals surface area contributed by atoms with Gasteiger partial charge in [0.25, 0.3) is 5.56 Å². The van der Waals surface area contributed by atoms with Crippen molar-refractivity contribution in [2.45, 2.75) is 24.8 Å². The van der Waals surface area contributed by atoms with Gasteiger partial charge in [-0.15, -0.1) is 11.8 Å². The largest absolute Gasteiger partial charge is 0.463 e. The Morgan fingerprint density at radius 1 is 1.32 bits per heavy atom. The quantitative estimate of drug-likeness (QED) is 0.378. The molecular formula is C22H19BrN2O4S2. The highest BCUT2D eigenvalue weighted by Crippen LogP contribution is 2.31. The molecule has 1 aliphatic rings. The molecule has 0 aliphatic carbocycles. The summed E-state index contributed by atoms with van der Waals surface area (Å²) in [4.78, 5) is 32.5. The number of carbonyl (C=O) groups is 1. The fourth-order valence-corrected chi connectivity index (χ4v) is 5.18. The number of nitrogens with zero attached hydrogens (tertiary/aromatic N) is 2. The molecule has 0 spiro atoms. The molecule has 0 bridgehead atoms. The molecular weight excluding hydrogens is 500 g/mol. The molecule has 1 aromatic carbocycles. The normalized spacial score (nSPS) is 16.3. The predicted octanol–water partition coefficient (Wildman–Crippen LogP) is 3.88. The molecule has 0 saturated heterocycles. The summed E-state index contributed by atoms with van der Waals surface area (Å²) in [5.74, 6) is 0.0891. The number of thioether (sulfide) groups is 1. The Labute approximate surface area is 195 Å². The summed E-state index contributed by atoms with van der Waals surface area (Å²) in [6.45, 7) is 3.77. The number of allylic oxidation sites excluding steroid dienone is 1. The average molecular weight is 519 g/mol. The van der Waals surface area contributed by atoms with E-state index in [4.69, 9.17) is 9.15 Å². The standard InChI is InChI=1S/C22H19BrN2O4S2/c1-4-28-21(27)18-12(2)24-22-25(19(18)13-5-8-15(30-3)9-6-13)20(26)16(31-22)11-14-7-10-17(23)29-14/h5-11,19H,4H2,1-3H3/b16-11-. The number of benzene rings is 1. The van der Waals surface area contributed by atoms with Gasteiger partial charge in [0.05, 0.1) is 28.5 Å². The van der Waals surface area contributed by atoms with E-state index in [-0.39, 0.29) is 12.2 Å². The Kier molecular flexibility index (Phi) is 6.36. The van der Waals surface area contributed by atoms with Gasteiger partial charge in [0, 0.05) is 11.0 Å². The first-order chi connectivity index (χ1) is 14.9. The Hall–Kier alpha value is -2.36. The Morgan fingerprint density at radius 2 is 2.06 bits per heavy atom. The molecule has 1 atom stereocenters. The second-order valence-electron chi connectivity index (χ2n) is 6.72. The van der Waals surface area contributed by atoms with Crippen LogP contribution in [-0.4, -0.2) is 23.4 Å². The molecule has 0 saturated carbocycles. The summed E-state index contributed by atoms with van der Waals surface area (Å²) < 4.78 is 13.5. The van der Waals surface area contributed by atoms with Crippen LogP contribution in [0.1, 0.15) is 31.2 Å². The van der Waals surface area contributed by atoms with Crippen LogP contribution in [0, 0.1) is 0 Å². The molecule has 0 amide bonds. The highest BCUT2D eigenvalue weighted by molar-refractivity contribution is 9.10. The lowest BCUT2D eigenvalue weighted by atomic mass is 9.96. The van der Waals surface area contributed by atoms with Crippen LogP contribution in [0.2, 0.25) is 0 Å². The molecule has 9 heteroatoms. The maximum absolute atomic E-state index is 13.4. The molecule has 0 radical (unpaired) electrons. The number of rotatable bonds is 5. The number of carbonyl (C=O) groups excluding carboxylic acids is 1. The lowest BCUT2D eigenvalue weighted by Gasteiger charge is -2.24. The fourth-order valence-electron chi connectivity index (χ4n) is 3.43. The number of thiazole rings is 1. The van der Waals surface area contributed by atoms with Gasteiger partial charge in [0.15, 0.2) is 9.47 Å². The number of halogens is 1. The van der Waals surface area contributed by atoms with Gasteiger partial charge in [0.1, 0.15) is 5.76 Å². The van der Waals surface area contributed by atoms with Gasteiger partial charge in [-0.1, -0.05) is 23.5 Å². The van der Waals surface area contributed by atoms with Crippen LogP contribution < -0.4 is 14.9 Å². The highest BCUT2D eigenvalue weighted by atomic mass is 79.9. The van der Waals surface area contributed by atoms with Crippen molar-refractivity contribution in [3.8, 4) is 0 Å². The summed E-state index contributed by atoms with van der Waals surface area (Å²) in [5, 5.41) is 0.